The molecule has 0 aliphatic heterocycles. The van der Waals surface area contributed by atoms with E-state index in [1.165, 1.54) is 44.2 Å². The molecule has 2 fully saturated rings. The van der Waals surface area contributed by atoms with E-state index < -0.39 is 0 Å². The molecule has 1 aromatic rings. The lowest BCUT2D eigenvalue weighted by Gasteiger charge is -2.16. The fourth-order valence-electron chi connectivity index (χ4n) is 2.84. The first-order valence-corrected chi connectivity index (χ1v) is 8.40. The third-order valence-corrected chi connectivity index (χ3v) is 4.90. The third-order valence-electron chi connectivity index (χ3n) is 4.12. The van der Waals surface area contributed by atoms with Crippen molar-refractivity contribution >= 4 is 21.7 Å². The van der Waals surface area contributed by atoms with Crippen molar-refractivity contribution < 1.29 is 0 Å². The molecule has 3 rings (SSSR count). The maximum absolute atomic E-state index is 4.89. The van der Waals surface area contributed by atoms with Gasteiger partial charge in [-0.05, 0) is 48.0 Å². The van der Waals surface area contributed by atoms with Crippen molar-refractivity contribution in [1.29, 1.82) is 0 Å². The second-order valence-electron chi connectivity index (χ2n) is 5.81. The first kappa shape index (κ1) is 13.3. The highest BCUT2D eigenvalue weighted by molar-refractivity contribution is 9.10. The van der Waals surface area contributed by atoms with Crippen LogP contribution >= 0.6 is 15.9 Å². The van der Waals surface area contributed by atoms with Crippen molar-refractivity contribution in [3.8, 4) is 0 Å². The van der Waals surface area contributed by atoms with Crippen molar-refractivity contribution in [3.63, 3.8) is 0 Å². The Kier molecular flexibility index (Phi) is 4.06. The van der Waals surface area contributed by atoms with Crippen molar-refractivity contribution in [2.75, 3.05) is 11.9 Å². The van der Waals surface area contributed by atoms with Crippen LogP contribution in [-0.4, -0.2) is 16.5 Å². The summed E-state index contributed by atoms with van der Waals surface area (Å²) in [7, 11) is 0. The van der Waals surface area contributed by atoms with E-state index in [0.29, 0.717) is 11.8 Å². The Balaban J connectivity index is 1.93. The molecule has 0 atom stereocenters. The zero-order valence-electron chi connectivity index (χ0n) is 11.6. The van der Waals surface area contributed by atoms with Gasteiger partial charge in [0.05, 0.1) is 10.2 Å². The molecule has 104 valence electrons. The molecule has 0 saturated heterocycles. The number of nitrogens with zero attached hydrogens (tertiary/aromatic N) is 2. The highest BCUT2D eigenvalue weighted by Gasteiger charge is 2.30. The number of halogens is 1. The Labute approximate surface area is 123 Å². The quantitative estimate of drug-likeness (QED) is 0.860. The molecule has 0 bridgehead atoms. The topological polar surface area (TPSA) is 37.8 Å². The Morgan fingerprint density at radius 1 is 1.11 bits per heavy atom. The summed E-state index contributed by atoms with van der Waals surface area (Å²) in [6.07, 6.45) is 8.90. The normalized spacial score (nSPS) is 19.9. The van der Waals surface area contributed by atoms with Crippen LogP contribution in [0.3, 0.4) is 0 Å². The van der Waals surface area contributed by atoms with Crippen molar-refractivity contribution in [2.24, 2.45) is 0 Å². The zero-order valence-corrected chi connectivity index (χ0v) is 13.2. The molecule has 0 spiro atoms. The van der Waals surface area contributed by atoms with Gasteiger partial charge in [0, 0.05) is 18.4 Å². The third kappa shape index (κ3) is 2.93. The van der Waals surface area contributed by atoms with Gasteiger partial charge in [-0.15, -0.1) is 0 Å². The molecule has 19 heavy (non-hydrogen) atoms. The van der Waals surface area contributed by atoms with E-state index in [-0.39, 0.29) is 0 Å². The highest BCUT2D eigenvalue weighted by Crippen LogP contribution is 2.43. The summed E-state index contributed by atoms with van der Waals surface area (Å²) in [6.45, 7) is 3.16. The van der Waals surface area contributed by atoms with Crippen LogP contribution in [0.2, 0.25) is 0 Å². The standard InChI is InChI=1S/C15H22BrN3/c1-2-9-17-15-12(16)13(10-5-3-4-6-10)18-14(19-15)11-7-8-11/h10-11H,2-9H2,1H3,(H,17,18,19). The summed E-state index contributed by atoms with van der Waals surface area (Å²) in [5.74, 6) is 3.34. The first-order valence-electron chi connectivity index (χ1n) is 7.60. The van der Waals surface area contributed by atoms with E-state index in [9.17, 15) is 0 Å². The minimum Gasteiger partial charge on any atom is -0.369 e. The van der Waals surface area contributed by atoms with E-state index in [1.54, 1.807) is 0 Å². The summed E-state index contributed by atoms with van der Waals surface area (Å²) in [5, 5.41) is 3.45. The van der Waals surface area contributed by atoms with E-state index in [0.717, 1.165) is 29.1 Å². The predicted molar refractivity (Wildman–Crippen MR) is 81.7 cm³/mol. The van der Waals surface area contributed by atoms with Gasteiger partial charge in [0.1, 0.15) is 11.6 Å². The van der Waals surface area contributed by atoms with Crippen LogP contribution in [0.1, 0.15) is 75.2 Å². The van der Waals surface area contributed by atoms with Crippen molar-refractivity contribution in [3.05, 3.63) is 16.0 Å². The summed E-state index contributed by atoms with van der Waals surface area (Å²) in [6, 6.07) is 0. The lowest BCUT2D eigenvalue weighted by Crippen LogP contribution is -2.10. The molecule has 0 radical (unpaired) electrons. The molecule has 0 amide bonds. The number of rotatable bonds is 5. The van der Waals surface area contributed by atoms with Crippen LogP contribution in [0.25, 0.3) is 0 Å². The molecular formula is C15H22BrN3. The minimum atomic E-state index is 0.621. The Morgan fingerprint density at radius 3 is 2.47 bits per heavy atom. The van der Waals surface area contributed by atoms with Crippen LogP contribution in [0.15, 0.2) is 4.47 Å². The molecule has 0 aromatic carbocycles. The predicted octanol–water partition coefficient (Wildman–Crippen LogP) is 4.60. The molecule has 4 heteroatoms. The molecule has 2 aliphatic rings. The largest absolute Gasteiger partial charge is 0.369 e. The molecule has 1 heterocycles. The summed E-state index contributed by atoms with van der Waals surface area (Å²) in [5.41, 5.74) is 1.26. The molecule has 3 nitrogen and oxygen atoms in total. The summed E-state index contributed by atoms with van der Waals surface area (Å²) >= 11 is 3.74. The van der Waals surface area contributed by atoms with Gasteiger partial charge in [0.2, 0.25) is 0 Å². The second-order valence-corrected chi connectivity index (χ2v) is 6.61. The van der Waals surface area contributed by atoms with Gasteiger partial charge in [-0.3, -0.25) is 0 Å². The van der Waals surface area contributed by atoms with Crippen molar-refractivity contribution in [2.45, 2.75) is 63.7 Å². The van der Waals surface area contributed by atoms with Gasteiger partial charge in [0.15, 0.2) is 0 Å². The highest BCUT2D eigenvalue weighted by atomic mass is 79.9. The van der Waals surface area contributed by atoms with Crippen LogP contribution in [0.5, 0.6) is 0 Å². The van der Waals surface area contributed by atoms with Crippen LogP contribution in [0, 0.1) is 0 Å². The van der Waals surface area contributed by atoms with E-state index in [1.807, 2.05) is 0 Å². The lowest BCUT2D eigenvalue weighted by atomic mass is 10.0. The van der Waals surface area contributed by atoms with Crippen LogP contribution < -0.4 is 5.32 Å². The monoisotopic (exact) mass is 323 g/mol. The summed E-state index contributed by atoms with van der Waals surface area (Å²) in [4.78, 5) is 9.62. The molecule has 1 N–H and O–H groups in total. The molecular weight excluding hydrogens is 302 g/mol. The Bertz CT molecular complexity index is 451. The minimum absolute atomic E-state index is 0.621. The fraction of sp³-hybridized carbons (Fsp3) is 0.733. The average Bonchev–Trinajstić information content (AvgIpc) is 3.13. The Hall–Kier alpha value is -0.640. The molecule has 2 aliphatic carbocycles. The lowest BCUT2D eigenvalue weighted by molar-refractivity contribution is 0.679. The SMILES string of the molecule is CCCNc1nc(C2CC2)nc(C2CCCC2)c1Br. The van der Waals surface area contributed by atoms with E-state index in [4.69, 9.17) is 9.97 Å². The number of hydrogen-bond donors (Lipinski definition) is 1. The first-order chi connectivity index (χ1) is 9.29. The van der Waals surface area contributed by atoms with Gasteiger partial charge in [-0.25, -0.2) is 9.97 Å². The van der Waals surface area contributed by atoms with E-state index >= 15 is 0 Å². The zero-order chi connectivity index (χ0) is 13.2. The molecule has 2 saturated carbocycles. The van der Waals surface area contributed by atoms with Crippen LogP contribution in [0.4, 0.5) is 5.82 Å². The number of hydrogen-bond acceptors (Lipinski definition) is 3. The average molecular weight is 324 g/mol. The smallest absolute Gasteiger partial charge is 0.144 e. The van der Waals surface area contributed by atoms with Gasteiger partial charge in [0.25, 0.3) is 0 Å². The number of aromatic nitrogens is 2. The fourth-order valence-corrected chi connectivity index (χ4v) is 3.48. The summed E-state index contributed by atoms with van der Waals surface area (Å²) < 4.78 is 1.11. The molecule has 1 aromatic heterocycles. The van der Waals surface area contributed by atoms with Crippen LogP contribution in [-0.2, 0) is 0 Å². The Morgan fingerprint density at radius 2 is 1.84 bits per heavy atom. The number of nitrogens with one attached hydrogen (secondary N) is 1. The van der Waals surface area contributed by atoms with Gasteiger partial charge in [-0.2, -0.15) is 0 Å². The van der Waals surface area contributed by atoms with E-state index in [2.05, 4.69) is 28.2 Å². The second kappa shape index (κ2) is 5.78. The number of anilines is 1. The molecule has 0 unspecified atom stereocenters. The van der Waals surface area contributed by atoms with Crippen molar-refractivity contribution in [1.82, 2.24) is 9.97 Å². The maximum Gasteiger partial charge on any atom is 0.144 e. The maximum atomic E-state index is 4.89. The van der Waals surface area contributed by atoms with Gasteiger partial charge < -0.3 is 5.32 Å². The van der Waals surface area contributed by atoms with Gasteiger partial charge in [-0.1, -0.05) is 19.8 Å². The van der Waals surface area contributed by atoms with Gasteiger partial charge >= 0.3 is 0 Å².